The third kappa shape index (κ3) is 3.83. The average Bonchev–Trinajstić information content (AvgIpc) is 2.92. The lowest BCUT2D eigenvalue weighted by molar-refractivity contribution is -0.118. The highest BCUT2D eigenvalue weighted by molar-refractivity contribution is 7.17. The Morgan fingerprint density at radius 2 is 2.08 bits per heavy atom. The second-order valence-corrected chi connectivity index (χ2v) is 6.17. The number of nitrogens with one attached hydrogen (secondary N) is 2. The van der Waals surface area contributed by atoms with Crippen LogP contribution in [0.5, 0.6) is 11.5 Å². The molecule has 1 aliphatic rings. The van der Waals surface area contributed by atoms with Gasteiger partial charge in [-0.25, -0.2) is 4.98 Å². The van der Waals surface area contributed by atoms with Gasteiger partial charge in [0.15, 0.2) is 11.7 Å². The number of aryl methyl sites for hydroxylation is 1. The van der Waals surface area contributed by atoms with Crippen molar-refractivity contribution < 1.29 is 19.1 Å². The maximum atomic E-state index is 12.0. The molecule has 0 unspecified atom stereocenters. The fourth-order valence-corrected chi connectivity index (χ4v) is 3.21. The normalized spacial score (nSPS) is 13.5. The van der Waals surface area contributed by atoms with E-state index in [4.69, 9.17) is 9.47 Å². The first kappa shape index (κ1) is 16.3. The van der Waals surface area contributed by atoms with Gasteiger partial charge in [0.1, 0.15) is 16.4 Å². The van der Waals surface area contributed by atoms with Crippen molar-refractivity contribution in [3.05, 3.63) is 34.8 Å². The van der Waals surface area contributed by atoms with Crippen LogP contribution in [0.4, 0.5) is 5.13 Å². The Labute approximate surface area is 143 Å². The molecule has 2 aromatic rings. The SMILES string of the molecule is COc1ccc(OCC(=O)Nc2nc3c(s2)C(=O)NCCC3)cc1. The lowest BCUT2D eigenvalue weighted by Gasteiger charge is -2.06. The van der Waals surface area contributed by atoms with Crippen LogP contribution in [0.15, 0.2) is 24.3 Å². The summed E-state index contributed by atoms with van der Waals surface area (Å²) in [6, 6.07) is 6.96. The second kappa shape index (κ2) is 7.31. The molecule has 1 aromatic carbocycles. The Hall–Kier alpha value is -2.61. The molecule has 0 saturated carbocycles. The summed E-state index contributed by atoms with van der Waals surface area (Å²) in [6.07, 6.45) is 1.57. The highest BCUT2D eigenvalue weighted by atomic mass is 32.1. The Morgan fingerprint density at radius 3 is 2.83 bits per heavy atom. The highest BCUT2D eigenvalue weighted by Crippen LogP contribution is 2.25. The number of carbonyl (C=O) groups is 2. The number of amides is 2. The molecule has 126 valence electrons. The Bertz CT molecular complexity index is 742. The van der Waals surface area contributed by atoms with Gasteiger partial charge in [-0.2, -0.15) is 0 Å². The molecule has 0 fully saturated rings. The van der Waals surface area contributed by atoms with E-state index in [1.54, 1.807) is 31.4 Å². The number of ether oxygens (including phenoxy) is 2. The molecule has 0 aliphatic carbocycles. The topological polar surface area (TPSA) is 89.6 Å². The number of methoxy groups -OCH3 is 1. The molecule has 24 heavy (non-hydrogen) atoms. The van der Waals surface area contributed by atoms with Crippen LogP contribution in [0.2, 0.25) is 0 Å². The number of carbonyl (C=O) groups excluding carboxylic acids is 2. The quantitative estimate of drug-likeness (QED) is 0.861. The van der Waals surface area contributed by atoms with Crippen molar-refractivity contribution in [1.29, 1.82) is 0 Å². The predicted octanol–water partition coefficient (Wildman–Crippen LogP) is 1.85. The number of fused-ring (bicyclic) bond motifs is 1. The van der Waals surface area contributed by atoms with Crippen molar-refractivity contribution in [2.45, 2.75) is 12.8 Å². The number of aromatic nitrogens is 1. The van der Waals surface area contributed by atoms with Crippen LogP contribution < -0.4 is 20.1 Å². The van der Waals surface area contributed by atoms with Crippen molar-refractivity contribution >= 4 is 28.3 Å². The van der Waals surface area contributed by atoms with Gasteiger partial charge in [0.05, 0.1) is 12.8 Å². The third-order valence-corrected chi connectivity index (χ3v) is 4.47. The fraction of sp³-hybridized carbons (Fsp3) is 0.312. The molecular weight excluding hydrogens is 330 g/mol. The summed E-state index contributed by atoms with van der Waals surface area (Å²) in [5.41, 5.74) is 0.737. The minimum atomic E-state index is -0.324. The number of benzene rings is 1. The summed E-state index contributed by atoms with van der Waals surface area (Å²) in [5, 5.41) is 5.90. The van der Waals surface area contributed by atoms with Crippen molar-refractivity contribution in [1.82, 2.24) is 10.3 Å². The summed E-state index contributed by atoms with van der Waals surface area (Å²) < 4.78 is 10.5. The van der Waals surface area contributed by atoms with Gasteiger partial charge in [0.2, 0.25) is 0 Å². The molecule has 0 spiro atoms. The molecule has 2 N–H and O–H groups in total. The number of anilines is 1. The molecule has 3 rings (SSSR count). The minimum absolute atomic E-state index is 0.130. The zero-order valence-corrected chi connectivity index (χ0v) is 13.9. The maximum absolute atomic E-state index is 12.0. The van der Waals surface area contributed by atoms with Gasteiger partial charge in [-0.3, -0.25) is 14.9 Å². The van der Waals surface area contributed by atoms with Crippen molar-refractivity contribution in [3.63, 3.8) is 0 Å². The molecule has 0 saturated heterocycles. The molecule has 8 heteroatoms. The summed E-state index contributed by atoms with van der Waals surface area (Å²) in [6.45, 7) is 0.516. The molecular formula is C16H17N3O4S. The average molecular weight is 347 g/mol. The number of hydrogen-bond donors (Lipinski definition) is 2. The lowest BCUT2D eigenvalue weighted by Crippen LogP contribution is -2.21. The van der Waals surface area contributed by atoms with E-state index in [0.717, 1.165) is 24.3 Å². The zero-order chi connectivity index (χ0) is 16.9. The standard InChI is InChI=1S/C16H17N3O4S/c1-22-10-4-6-11(7-5-10)23-9-13(20)19-16-18-12-3-2-8-17-15(21)14(12)24-16/h4-7H,2-3,8-9H2,1H3,(H,17,21)(H,18,19,20). The van der Waals surface area contributed by atoms with Crippen molar-refractivity contribution in [2.24, 2.45) is 0 Å². The van der Waals surface area contributed by atoms with Crippen LogP contribution in [0, 0.1) is 0 Å². The third-order valence-electron chi connectivity index (χ3n) is 3.46. The predicted molar refractivity (Wildman–Crippen MR) is 89.9 cm³/mol. The van der Waals surface area contributed by atoms with E-state index in [9.17, 15) is 9.59 Å². The minimum Gasteiger partial charge on any atom is -0.497 e. The first-order valence-corrected chi connectivity index (χ1v) is 8.32. The molecule has 2 amide bonds. The number of nitrogens with zero attached hydrogens (tertiary/aromatic N) is 1. The largest absolute Gasteiger partial charge is 0.497 e. The lowest BCUT2D eigenvalue weighted by atomic mass is 10.2. The fourth-order valence-electron chi connectivity index (χ4n) is 2.27. The van der Waals surface area contributed by atoms with Gasteiger partial charge in [-0.15, -0.1) is 0 Å². The number of hydrogen-bond acceptors (Lipinski definition) is 6. The molecule has 0 radical (unpaired) electrons. The van der Waals surface area contributed by atoms with E-state index < -0.39 is 0 Å². The Kier molecular flexibility index (Phi) is 4.95. The molecule has 0 atom stereocenters. The molecule has 2 heterocycles. The van der Waals surface area contributed by atoms with E-state index in [2.05, 4.69) is 15.6 Å². The zero-order valence-electron chi connectivity index (χ0n) is 13.1. The van der Waals surface area contributed by atoms with Crippen LogP contribution in [0.3, 0.4) is 0 Å². The van der Waals surface area contributed by atoms with Crippen LogP contribution >= 0.6 is 11.3 Å². The van der Waals surface area contributed by atoms with Crippen LogP contribution in [0.25, 0.3) is 0 Å². The van der Waals surface area contributed by atoms with E-state index in [-0.39, 0.29) is 18.4 Å². The summed E-state index contributed by atoms with van der Waals surface area (Å²) in [5.74, 6) is 0.833. The van der Waals surface area contributed by atoms with Gasteiger partial charge in [-0.05, 0) is 37.1 Å². The van der Waals surface area contributed by atoms with Crippen molar-refractivity contribution in [2.75, 3.05) is 25.6 Å². The molecule has 0 bridgehead atoms. The van der Waals surface area contributed by atoms with E-state index in [1.165, 1.54) is 11.3 Å². The van der Waals surface area contributed by atoms with Crippen LogP contribution in [-0.2, 0) is 11.2 Å². The van der Waals surface area contributed by atoms with Crippen LogP contribution in [-0.4, -0.2) is 37.1 Å². The van der Waals surface area contributed by atoms with E-state index >= 15 is 0 Å². The Balaban J connectivity index is 1.57. The van der Waals surface area contributed by atoms with E-state index in [1.807, 2.05) is 0 Å². The first-order chi connectivity index (χ1) is 11.7. The van der Waals surface area contributed by atoms with Gasteiger partial charge in [0.25, 0.3) is 11.8 Å². The highest BCUT2D eigenvalue weighted by Gasteiger charge is 2.21. The van der Waals surface area contributed by atoms with E-state index in [0.29, 0.717) is 22.3 Å². The smallest absolute Gasteiger partial charge is 0.264 e. The Morgan fingerprint density at radius 1 is 1.33 bits per heavy atom. The van der Waals surface area contributed by atoms with Gasteiger partial charge >= 0.3 is 0 Å². The van der Waals surface area contributed by atoms with Crippen molar-refractivity contribution in [3.8, 4) is 11.5 Å². The first-order valence-electron chi connectivity index (χ1n) is 7.50. The monoisotopic (exact) mass is 347 g/mol. The number of rotatable bonds is 5. The summed E-state index contributed by atoms with van der Waals surface area (Å²) >= 11 is 1.18. The molecule has 1 aliphatic heterocycles. The summed E-state index contributed by atoms with van der Waals surface area (Å²) in [4.78, 5) is 28.8. The van der Waals surface area contributed by atoms with Gasteiger partial charge in [-0.1, -0.05) is 11.3 Å². The van der Waals surface area contributed by atoms with Gasteiger partial charge < -0.3 is 14.8 Å². The number of thiazole rings is 1. The molecule has 7 nitrogen and oxygen atoms in total. The van der Waals surface area contributed by atoms with Gasteiger partial charge in [0, 0.05) is 6.54 Å². The van der Waals surface area contributed by atoms with Crippen LogP contribution in [0.1, 0.15) is 21.8 Å². The summed E-state index contributed by atoms with van der Waals surface area (Å²) in [7, 11) is 1.58. The molecule has 1 aromatic heterocycles. The maximum Gasteiger partial charge on any atom is 0.264 e. The second-order valence-electron chi connectivity index (χ2n) is 5.17.